The van der Waals surface area contributed by atoms with Crippen LogP contribution in [0.3, 0.4) is 0 Å². The van der Waals surface area contributed by atoms with E-state index in [0.29, 0.717) is 6.08 Å². The summed E-state index contributed by atoms with van der Waals surface area (Å²) in [5, 5.41) is 0. The average molecular weight is 200 g/mol. The highest BCUT2D eigenvalue weighted by Gasteiger charge is 2.88. The third-order valence-corrected chi connectivity index (χ3v) is 1.96. The number of alkyl halides is 5. The molecule has 74 valence electrons. The lowest BCUT2D eigenvalue weighted by Gasteiger charge is -2.45. The summed E-state index contributed by atoms with van der Waals surface area (Å²) in [5.74, 6) is -12.2. The van der Waals surface area contributed by atoms with Crippen LogP contribution in [0.2, 0.25) is 0 Å². The van der Waals surface area contributed by atoms with Gasteiger partial charge in [-0.25, -0.2) is 4.39 Å². The van der Waals surface area contributed by atoms with Crippen molar-refractivity contribution in [2.45, 2.75) is 23.9 Å². The van der Waals surface area contributed by atoms with Gasteiger partial charge in [0.05, 0.1) is 0 Å². The van der Waals surface area contributed by atoms with Crippen molar-refractivity contribution in [1.82, 2.24) is 0 Å². The van der Waals surface area contributed by atoms with Crippen LogP contribution in [0, 0.1) is 0 Å². The van der Waals surface area contributed by atoms with Crippen LogP contribution in [0.25, 0.3) is 0 Å². The van der Waals surface area contributed by atoms with Crippen LogP contribution in [0.4, 0.5) is 22.0 Å². The largest absolute Gasteiger partial charge is 0.374 e. The van der Waals surface area contributed by atoms with Crippen molar-refractivity contribution in [2.24, 2.45) is 0 Å². The summed E-state index contributed by atoms with van der Waals surface area (Å²) in [6.45, 7) is 2.91. The molecule has 0 aromatic rings. The summed E-state index contributed by atoms with van der Waals surface area (Å²) < 4.78 is 62.0. The van der Waals surface area contributed by atoms with Gasteiger partial charge in [0.2, 0.25) is 5.67 Å². The Morgan fingerprint density at radius 1 is 1.23 bits per heavy atom. The van der Waals surface area contributed by atoms with Gasteiger partial charge in [0, 0.05) is 6.42 Å². The molecular weight excluding hydrogens is 195 g/mol. The number of Topliss-reactive ketones (excluding diaryl/α,β-unsaturated/α-hetero) is 1. The van der Waals surface area contributed by atoms with Crippen molar-refractivity contribution in [1.29, 1.82) is 0 Å². The highest BCUT2D eigenvalue weighted by atomic mass is 19.3. The van der Waals surface area contributed by atoms with Crippen LogP contribution in [-0.2, 0) is 4.79 Å². The molecule has 0 heterocycles. The van der Waals surface area contributed by atoms with E-state index in [-0.39, 0.29) is 0 Å². The van der Waals surface area contributed by atoms with Gasteiger partial charge in [-0.3, -0.25) is 4.79 Å². The van der Waals surface area contributed by atoms with Gasteiger partial charge >= 0.3 is 11.8 Å². The maximum absolute atomic E-state index is 12.9. The minimum absolute atomic E-state index is 0.668. The molecule has 0 N–H and O–H groups in total. The summed E-state index contributed by atoms with van der Waals surface area (Å²) >= 11 is 0. The zero-order valence-electron chi connectivity index (χ0n) is 6.29. The molecule has 0 aromatic carbocycles. The van der Waals surface area contributed by atoms with Gasteiger partial charge in [-0.05, 0) is 0 Å². The van der Waals surface area contributed by atoms with E-state index in [1.165, 1.54) is 0 Å². The van der Waals surface area contributed by atoms with Crippen LogP contribution in [0.15, 0.2) is 12.7 Å². The first-order valence-corrected chi connectivity index (χ1v) is 3.32. The standard InChI is InChI=1S/C7H5F5O/c1-2-3-5(8)4(13)6(9,10)7(5,11)12/h2H,1,3H2. The smallest absolute Gasteiger partial charge is 0.289 e. The minimum atomic E-state index is -4.93. The molecule has 0 aliphatic heterocycles. The molecule has 1 atom stereocenters. The number of allylic oxidation sites excluding steroid dienone is 1. The molecule has 0 saturated heterocycles. The molecule has 0 aromatic heterocycles. The van der Waals surface area contributed by atoms with Gasteiger partial charge in [0.15, 0.2) is 0 Å². The lowest BCUT2D eigenvalue weighted by molar-refractivity contribution is -0.307. The van der Waals surface area contributed by atoms with Crippen molar-refractivity contribution in [3.05, 3.63) is 12.7 Å². The summed E-state index contributed by atoms with van der Waals surface area (Å²) in [5.41, 5.74) is -3.78. The molecule has 1 aliphatic carbocycles. The lowest BCUT2D eigenvalue weighted by atomic mass is 9.70. The maximum Gasteiger partial charge on any atom is 0.374 e. The number of rotatable bonds is 2. The van der Waals surface area contributed by atoms with Crippen LogP contribution in [-0.4, -0.2) is 23.3 Å². The predicted octanol–water partition coefficient (Wildman–Crippen LogP) is 2.12. The third kappa shape index (κ3) is 0.831. The monoisotopic (exact) mass is 200 g/mol. The first-order chi connectivity index (χ1) is 5.72. The average Bonchev–Trinajstić information content (AvgIpc) is 2.02. The first kappa shape index (κ1) is 10.1. The summed E-state index contributed by atoms with van der Waals surface area (Å²) in [6.07, 6.45) is -0.435. The Balaban J connectivity index is 3.06. The fourth-order valence-electron chi connectivity index (χ4n) is 1.14. The minimum Gasteiger partial charge on any atom is -0.289 e. The number of carbonyl (C=O) groups excluding carboxylic acids is 1. The topological polar surface area (TPSA) is 17.1 Å². The van der Waals surface area contributed by atoms with E-state index in [1.54, 1.807) is 0 Å². The van der Waals surface area contributed by atoms with Crippen LogP contribution in [0.5, 0.6) is 0 Å². The van der Waals surface area contributed by atoms with Crippen molar-refractivity contribution < 1.29 is 26.7 Å². The van der Waals surface area contributed by atoms with Gasteiger partial charge in [0.25, 0.3) is 5.78 Å². The second-order valence-electron chi connectivity index (χ2n) is 2.77. The first-order valence-electron chi connectivity index (χ1n) is 3.32. The number of hydrogen-bond acceptors (Lipinski definition) is 1. The van der Waals surface area contributed by atoms with E-state index in [9.17, 15) is 26.7 Å². The molecule has 1 unspecified atom stereocenters. The van der Waals surface area contributed by atoms with Gasteiger partial charge in [-0.2, -0.15) is 17.6 Å². The molecule has 1 saturated carbocycles. The predicted molar refractivity (Wildman–Crippen MR) is 33.6 cm³/mol. The quantitative estimate of drug-likeness (QED) is 0.493. The second kappa shape index (κ2) is 2.30. The second-order valence-corrected chi connectivity index (χ2v) is 2.77. The normalized spacial score (nSPS) is 35.3. The molecule has 1 aliphatic rings. The zero-order valence-corrected chi connectivity index (χ0v) is 6.29. The van der Waals surface area contributed by atoms with Crippen molar-refractivity contribution in [3.63, 3.8) is 0 Å². The van der Waals surface area contributed by atoms with Gasteiger partial charge in [0.1, 0.15) is 0 Å². The Morgan fingerprint density at radius 3 is 2.00 bits per heavy atom. The van der Waals surface area contributed by atoms with Crippen molar-refractivity contribution in [2.75, 3.05) is 0 Å². The van der Waals surface area contributed by atoms with E-state index in [1.807, 2.05) is 0 Å². The molecule has 0 spiro atoms. The molecule has 0 bridgehead atoms. The number of hydrogen-bond donors (Lipinski definition) is 0. The van der Waals surface area contributed by atoms with E-state index < -0.39 is 29.7 Å². The van der Waals surface area contributed by atoms with Crippen LogP contribution in [0.1, 0.15) is 6.42 Å². The maximum atomic E-state index is 12.9. The molecular formula is C7H5F5O. The Hall–Kier alpha value is -0.940. The summed E-state index contributed by atoms with van der Waals surface area (Å²) in [4.78, 5) is 10.4. The van der Waals surface area contributed by atoms with Crippen LogP contribution >= 0.6 is 0 Å². The molecule has 13 heavy (non-hydrogen) atoms. The Morgan fingerprint density at radius 2 is 1.69 bits per heavy atom. The van der Waals surface area contributed by atoms with Gasteiger partial charge in [-0.1, -0.05) is 6.08 Å². The fraction of sp³-hybridized carbons (Fsp3) is 0.571. The third-order valence-electron chi connectivity index (χ3n) is 1.96. The highest BCUT2D eigenvalue weighted by molar-refractivity contribution is 6.03. The van der Waals surface area contributed by atoms with Crippen molar-refractivity contribution >= 4 is 5.78 Å². The Kier molecular flexibility index (Phi) is 1.79. The fourth-order valence-corrected chi connectivity index (χ4v) is 1.14. The molecule has 0 amide bonds. The zero-order chi connectivity index (χ0) is 10.5. The molecule has 1 fully saturated rings. The van der Waals surface area contributed by atoms with Crippen LogP contribution < -0.4 is 0 Å². The van der Waals surface area contributed by atoms with E-state index in [0.717, 1.165) is 0 Å². The van der Waals surface area contributed by atoms with Gasteiger partial charge < -0.3 is 0 Å². The highest BCUT2D eigenvalue weighted by Crippen LogP contribution is 2.58. The van der Waals surface area contributed by atoms with Crippen molar-refractivity contribution in [3.8, 4) is 0 Å². The molecule has 0 radical (unpaired) electrons. The molecule has 6 heteroatoms. The number of halogens is 5. The van der Waals surface area contributed by atoms with E-state index in [2.05, 4.69) is 6.58 Å². The lowest BCUT2D eigenvalue weighted by Crippen LogP contribution is -2.77. The Bertz CT molecular complexity index is 272. The summed E-state index contributed by atoms with van der Waals surface area (Å²) in [7, 11) is 0. The SMILES string of the molecule is C=CCC1(F)C(=O)C(F)(F)C1(F)F. The van der Waals surface area contributed by atoms with E-state index in [4.69, 9.17) is 0 Å². The molecule has 1 rings (SSSR count). The number of carbonyl (C=O) groups is 1. The molecule has 1 nitrogen and oxygen atoms in total. The summed E-state index contributed by atoms with van der Waals surface area (Å²) in [6, 6.07) is 0. The van der Waals surface area contributed by atoms with E-state index >= 15 is 0 Å². The van der Waals surface area contributed by atoms with Gasteiger partial charge in [-0.15, -0.1) is 6.58 Å². The number of ketones is 1. The Labute approximate surface area is 70.2 Å².